The highest BCUT2D eigenvalue weighted by molar-refractivity contribution is 9.10. The van der Waals surface area contributed by atoms with E-state index >= 15 is 0 Å². The van der Waals surface area contributed by atoms with Gasteiger partial charge in [0.1, 0.15) is 0 Å². The number of nitrogens with two attached hydrogens (primary N) is 1. The second-order valence-electron chi connectivity index (χ2n) is 3.16. The van der Waals surface area contributed by atoms with E-state index in [1.807, 2.05) is 25.1 Å². The molecular formula is C10H13BrN2O. The Morgan fingerprint density at radius 1 is 1.50 bits per heavy atom. The van der Waals surface area contributed by atoms with E-state index in [0.29, 0.717) is 13.0 Å². The molecule has 0 aliphatic carbocycles. The lowest BCUT2D eigenvalue weighted by atomic mass is 10.2. The van der Waals surface area contributed by atoms with Crippen molar-refractivity contribution in [1.29, 1.82) is 0 Å². The Hall–Kier alpha value is -1.03. The van der Waals surface area contributed by atoms with E-state index in [2.05, 4.69) is 21.2 Å². The first-order valence-corrected chi connectivity index (χ1v) is 5.16. The SMILES string of the molecule is Cc1cc(Br)cc(NCCC(N)=O)c1. The lowest BCUT2D eigenvalue weighted by molar-refractivity contribution is -0.117. The zero-order valence-corrected chi connectivity index (χ0v) is 9.60. The van der Waals surface area contributed by atoms with Gasteiger partial charge in [-0.2, -0.15) is 0 Å². The molecule has 0 radical (unpaired) electrons. The van der Waals surface area contributed by atoms with Gasteiger partial charge in [0.15, 0.2) is 0 Å². The molecule has 0 unspecified atom stereocenters. The molecule has 0 saturated heterocycles. The molecule has 0 atom stereocenters. The number of carbonyl (C=O) groups is 1. The molecule has 1 aromatic rings. The molecule has 0 aromatic heterocycles. The van der Waals surface area contributed by atoms with Crippen molar-refractivity contribution in [2.75, 3.05) is 11.9 Å². The van der Waals surface area contributed by atoms with Crippen LogP contribution < -0.4 is 11.1 Å². The summed E-state index contributed by atoms with van der Waals surface area (Å²) >= 11 is 3.40. The van der Waals surface area contributed by atoms with Gasteiger partial charge in [-0.3, -0.25) is 4.79 Å². The van der Waals surface area contributed by atoms with Gasteiger partial charge in [-0.15, -0.1) is 0 Å². The van der Waals surface area contributed by atoms with Crippen molar-refractivity contribution in [1.82, 2.24) is 0 Å². The Labute approximate surface area is 91.8 Å². The van der Waals surface area contributed by atoms with Gasteiger partial charge in [0.25, 0.3) is 0 Å². The average molecular weight is 257 g/mol. The van der Waals surface area contributed by atoms with Crippen LogP contribution in [0.4, 0.5) is 5.69 Å². The van der Waals surface area contributed by atoms with E-state index in [9.17, 15) is 4.79 Å². The summed E-state index contributed by atoms with van der Waals surface area (Å²) in [7, 11) is 0. The number of rotatable bonds is 4. The van der Waals surface area contributed by atoms with Crippen LogP contribution in [0.25, 0.3) is 0 Å². The molecule has 0 bridgehead atoms. The molecule has 0 saturated carbocycles. The molecule has 1 aromatic carbocycles. The maximum Gasteiger partial charge on any atom is 0.219 e. The summed E-state index contributed by atoms with van der Waals surface area (Å²) < 4.78 is 1.03. The monoisotopic (exact) mass is 256 g/mol. The predicted molar refractivity (Wildman–Crippen MR) is 61.2 cm³/mol. The molecule has 0 aliphatic rings. The molecule has 0 heterocycles. The largest absolute Gasteiger partial charge is 0.384 e. The van der Waals surface area contributed by atoms with E-state index < -0.39 is 0 Å². The van der Waals surface area contributed by atoms with Crippen LogP contribution in [0.5, 0.6) is 0 Å². The summed E-state index contributed by atoms with van der Waals surface area (Å²) in [5.74, 6) is -0.288. The van der Waals surface area contributed by atoms with E-state index in [1.165, 1.54) is 5.56 Å². The number of halogens is 1. The molecule has 14 heavy (non-hydrogen) atoms. The van der Waals surface area contributed by atoms with Gasteiger partial charge in [0, 0.05) is 23.1 Å². The fourth-order valence-electron chi connectivity index (χ4n) is 1.17. The lowest BCUT2D eigenvalue weighted by Crippen LogP contribution is -2.15. The van der Waals surface area contributed by atoms with Crippen molar-refractivity contribution in [3.63, 3.8) is 0 Å². The number of hydrogen-bond donors (Lipinski definition) is 2. The molecule has 3 nitrogen and oxygen atoms in total. The Bertz CT molecular complexity index is 319. The van der Waals surface area contributed by atoms with Crippen molar-refractivity contribution in [3.05, 3.63) is 28.2 Å². The van der Waals surface area contributed by atoms with Crippen LogP contribution in [-0.2, 0) is 4.79 Å². The minimum atomic E-state index is -0.288. The molecule has 4 heteroatoms. The Morgan fingerprint density at radius 2 is 2.21 bits per heavy atom. The fraction of sp³-hybridized carbons (Fsp3) is 0.300. The van der Waals surface area contributed by atoms with Gasteiger partial charge in [0.05, 0.1) is 0 Å². The third-order valence-electron chi connectivity index (χ3n) is 1.74. The topological polar surface area (TPSA) is 55.1 Å². The van der Waals surface area contributed by atoms with Crippen molar-refractivity contribution < 1.29 is 4.79 Å². The van der Waals surface area contributed by atoms with Gasteiger partial charge < -0.3 is 11.1 Å². The maximum atomic E-state index is 10.5. The first kappa shape index (κ1) is 11.0. The third kappa shape index (κ3) is 3.79. The van der Waals surface area contributed by atoms with Gasteiger partial charge in [-0.05, 0) is 30.7 Å². The Kier molecular flexibility index (Phi) is 3.95. The zero-order valence-electron chi connectivity index (χ0n) is 8.01. The third-order valence-corrected chi connectivity index (χ3v) is 2.20. The minimum absolute atomic E-state index is 0.288. The summed E-state index contributed by atoms with van der Waals surface area (Å²) in [6.45, 7) is 2.59. The number of primary amides is 1. The summed E-state index contributed by atoms with van der Waals surface area (Å²) in [6, 6.07) is 6.01. The Balaban J connectivity index is 2.54. The molecule has 1 rings (SSSR count). The first-order valence-electron chi connectivity index (χ1n) is 4.37. The van der Waals surface area contributed by atoms with Crippen molar-refractivity contribution in [2.24, 2.45) is 5.73 Å². The van der Waals surface area contributed by atoms with Crippen LogP contribution in [-0.4, -0.2) is 12.5 Å². The second-order valence-corrected chi connectivity index (χ2v) is 4.08. The zero-order chi connectivity index (χ0) is 10.6. The summed E-state index contributed by atoms with van der Waals surface area (Å²) in [5.41, 5.74) is 7.19. The van der Waals surface area contributed by atoms with E-state index in [4.69, 9.17) is 5.73 Å². The molecule has 0 fully saturated rings. The predicted octanol–water partition coefficient (Wildman–Crippen LogP) is 2.04. The maximum absolute atomic E-state index is 10.5. The second kappa shape index (κ2) is 5.00. The molecule has 3 N–H and O–H groups in total. The highest BCUT2D eigenvalue weighted by Gasteiger charge is 1.97. The van der Waals surface area contributed by atoms with Gasteiger partial charge in [-0.1, -0.05) is 15.9 Å². The molecular weight excluding hydrogens is 244 g/mol. The van der Waals surface area contributed by atoms with Crippen LogP contribution >= 0.6 is 15.9 Å². The number of anilines is 1. The first-order chi connectivity index (χ1) is 6.58. The smallest absolute Gasteiger partial charge is 0.219 e. The van der Waals surface area contributed by atoms with Crippen LogP contribution in [0.15, 0.2) is 22.7 Å². The summed E-state index contributed by atoms with van der Waals surface area (Å²) in [5, 5.41) is 3.13. The van der Waals surface area contributed by atoms with Crippen LogP contribution in [0, 0.1) is 6.92 Å². The molecule has 0 aliphatic heterocycles. The average Bonchev–Trinajstić information content (AvgIpc) is 2.01. The molecule has 1 amide bonds. The van der Waals surface area contributed by atoms with Crippen molar-refractivity contribution >= 4 is 27.5 Å². The number of nitrogens with one attached hydrogen (secondary N) is 1. The van der Waals surface area contributed by atoms with Gasteiger partial charge in [0.2, 0.25) is 5.91 Å². The number of amides is 1. The minimum Gasteiger partial charge on any atom is -0.384 e. The van der Waals surface area contributed by atoms with Gasteiger partial charge >= 0.3 is 0 Å². The van der Waals surface area contributed by atoms with E-state index in [1.54, 1.807) is 0 Å². The summed E-state index contributed by atoms with van der Waals surface area (Å²) in [4.78, 5) is 10.5. The van der Waals surface area contributed by atoms with Crippen LogP contribution in [0.1, 0.15) is 12.0 Å². The highest BCUT2D eigenvalue weighted by Crippen LogP contribution is 2.18. The lowest BCUT2D eigenvalue weighted by Gasteiger charge is -2.06. The van der Waals surface area contributed by atoms with Crippen LogP contribution in [0.2, 0.25) is 0 Å². The van der Waals surface area contributed by atoms with E-state index in [0.717, 1.165) is 10.2 Å². The van der Waals surface area contributed by atoms with Crippen molar-refractivity contribution in [3.8, 4) is 0 Å². The molecule has 0 spiro atoms. The standard InChI is InChI=1S/C10H13BrN2O/c1-7-4-8(11)6-9(5-7)13-3-2-10(12)14/h4-6,13H,2-3H2,1H3,(H2,12,14). The number of hydrogen-bond acceptors (Lipinski definition) is 2. The van der Waals surface area contributed by atoms with Crippen LogP contribution in [0.3, 0.4) is 0 Å². The number of aryl methyl sites for hydroxylation is 1. The fourth-order valence-corrected chi connectivity index (χ4v) is 1.78. The quantitative estimate of drug-likeness (QED) is 0.867. The van der Waals surface area contributed by atoms with Gasteiger partial charge in [-0.25, -0.2) is 0 Å². The molecule has 76 valence electrons. The Morgan fingerprint density at radius 3 is 2.79 bits per heavy atom. The summed E-state index contributed by atoms with van der Waals surface area (Å²) in [6.07, 6.45) is 0.353. The van der Waals surface area contributed by atoms with E-state index in [-0.39, 0.29) is 5.91 Å². The van der Waals surface area contributed by atoms with Crippen molar-refractivity contribution in [2.45, 2.75) is 13.3 Å². The number of benzene rings is 1. The number of carbonyl (C=O) groups excluding carboxylic acids is 1. The normalized spacial score (nSPS) is 9.86. The highest BCUT2D eigenvalue weighted by atomic mass is 79.9.